The SMILES string of the molecule is CC(C)(C)OC(=O)Nc1cc(C(=O)OC(=O)OC(C)(C)C)n(CCCO)c1. The Morgan fingerprint density at radius 3 is 2.19 bits per heavy atom. The van der Waals surface area contributed by atoms with Gasteiger partial charge in [0.15, 0.2) is 0 Å². The van der Waals surface area contributed by atoms with E-state index in [1.807, 2.05) is 0 Å². The van der Waals surface area contributed by atoms with Gasteiger partial charge in [-0.2, -0.15) is 0 Å². The van der Waals surface area contributed by atoms with Crippen LogP contribution in [0.25, 0.3) is 0 Å². The summed E-state index contributed by atoms with van der Waals surface area (Å²) in [4.78, 5) is 35.9. The molecule has 1 amide bonds. The van der Waals surface area contributed by atoms with Crippen LogP contribution in [-0.2, 0) is 20.8 Å². The predicted octanol–water partition coefficient (Wildman–Crippen LogP) is 3.31. The van der Waals surface area contributed by atoms with Crippen molar-refractivity contribution >= 4 is 23.9 Å². The lowest BCUT2D eigenvalue weighted by Crippen LogP contribution is -2.27. The Bertz CT molecular complexity index is 681. The van der Waals surface area contributed by atoms with Gasteiger partial charge in [0.05, 0.1) is 5.69 Å². The van der Waals surface area contributed by atoms with Crippen LogP contribution in [0.2, 0.25) is 0 Å². The van der Waals surface area contributed by atoms with Crippen molar-refractivity contribution in [3.05, 3.63) is 18.0 Å². The number of aliphatic hydroxyl groups excluding tert-OH is 1. The zero-order chi connectivity index (χ0) is 20.8. The third-order valence-electron chi connectivity index (χ3n) is 2.87. The van der Waals surface area contributed by atoms with E-state index in [2.05, 4.69) is 5.32 Å². The minimum Gasteiger partial charge on any atom is -0.444 e. The summed E-state index contributed by atoms with van der Waals surface area (Å²) >= 11 is 0. The molecule has 1 heterocycles. The fraction of sp³-hybridized carbons (Fsp3) is 0.611. The molecule has 0 spiro atoms. The summed E-state index contributed by atoms with van der Waals surface area (Å²) in [7, 11) is 0. The number of amides is 1. The molecule has 152 valence electrons. The molecule has 2 N–H and O–H groups in total. The summed E-state index contributed by atoms with van der Waals surface area (Å²) in [6.45, 7) is 10.3. The number of rotatable bonds is 5. The molecule has 0 aromatic carbocycles. The molecule has 0 saturated heterocycles. The van der Waals surface area contributed by atoms with Crippen LogP contribution in [0.5, 0.6) is 0 Å². The normalized spacial score (nSPS) is 11.7. The van der Waals surface area contributed by atoms with Crippen LogP contribution in [-0.4, -0.2) is 45.7 Å². The molecule has 0 unspecified atom stereocenters. The van der Waals surface area contributed by atoms with Crippen molar-refractivity contribution in [3.63, 3.8) is 0 Å². The van der Waals surface area contributed by atoms with Gasteiger partial charge in [-0.1, -0.05) is 0 Å². The van der Waals surface area contributed by atoms with Gasteiger partial charge in [0.2, 0.25) is 0 Å². The van der Waals surface area contributed by atoms with Crippen molar-refractivity contribution in [2.45, 2.75) is 65.7 Å². The summed E-state index contributed by atoms with van der Waals surface area (Å²) in [5.41, 5.74) is -1.17. The Balaban J connectivity index is 2.93. The lowest BCUT2D eigenvalue weighted by atomic mass is 10.2. The van der Waals surface area contributed by atoms with Crippen molar-refractivity contribution < 1.29 is 33.7 Å². The number of esters is 1. The first-order valence-electron chi connectivity index (χ1n) is 8.57. The topological polar surface area (TPSA) is 116 Å². The van der Waals surface area contributed by atoms with E-state index in [0.29, 0.717) is 12.1 Å². The van der Waals surface area contributed by atoms with Gasteiger partial charge in [-0.15, -0.1) is 0 Å². The average Bonchev–Trinajstić information content (AvgIpc) is 2.83. The molecular weight excluding hydrogens is 356 g/mol. The average molecular weight is 384 g/mol. The van der Waals surface area contributed by atoms with Crippen LogP contribution < -0.4 is 5.32 Å². The summed E-state index contributed by atoms with van der Waals surface area (Å²) in [6, 6.07) is 1.36. The first kappa shape index (κ1) is 22.5. The minimum absolute atomic E-state index is 0.0281. The second kappa shape index (κ2) is 8.90. The third kappa shape index (κ3) is 8.59. The fourth-order valence-electron chi connectivity index (χ4n) is 2.00. The molecule has 0 fully saturated rings. The van der Waals surface area contributed by atoms with Crippen LogP contribution in [0.4, 0.5) is 15.3 Å². The van der Waals surface area contributed by atoms with Crippen LogP contribution in [0.3, 0.4) is 0 Å². The second-order valence-corrected chi connectivity index (χ2v) is 7.87. The zero-order valence-corrected chi connectivity index (χ0v) is 16.6. The quantitative estimate of drug-likeness (QED) is 0.591. The largest absolute Gasteiger partial charge is 0.516 e. The number of hydrogen-bond donors (Lipinski definition) is 2. The highest BCUT2D eigenvalue weighted by Gasteiger charge is 2.24. The lowest BCUT2D eigenvalue weighted by Gasteiger charge is -2.19. The number of aliphatic hydroxyl groups is 1. The number of anilines is 1. The molecule has 0 aliphatic heterocycles. The smallest absolute Gasteiger partial charge is 0.444 e. The molecule has 0 bridgehead atoms. The van der Waals surface area contributed by atoms with E-state index in [0.717, 1.165) is 0 Å². The van der Waals surface area contributed by atoms with E-state index < -0.39 is 29.4 Å². The molecule has 9 heteroatoms. The number of carbonyl (C=O) groups is 3. The van der Waals surface area contributed by atoms with Gasteiger partial charge in [-0.3, -0.25) is 5.32 Å². The Hall–Kier alpha value is -2.55. The van der Waals surface area contributed by atoms with Crippen LogP contribution in [0.15, 0.2) is 12.3 Å². The van der Waals surface area contributed by atoms with Crippen molar-refractivity contribution in [1.82, 2.24) is 4.57 Å². The summed E-state index contributed by atoms with van der Waals surface area (Å²) in [5.74, 6) is -0.931. The highest BCUT2D eigenvalue weighted by molar-refractivity contribution is 5.96. The number of aryl methyl sites for hydroxylation is 1. The molecule has 0 radical (unpaired) electrons. The fourth-order valence-corrected chi connectivity index (χ4v) is 2.00. The number of aromatic nitrogens is 1. The van der Waals surface area contributed by atoms with Gasteiger partial charge in [0.1, 0.15) is 16.9 Å². The van der Waals surface area contributed by atoms with Crippen LogP contribution >= 0.6 is 0 Å². The zero-order valence-electron chi connectivity index (χ0n) is 16.6. The first-order chi connectivity index (χ1) is 12.3. The monoisotopic (exact) mass is 384 g/mol. The Labute approximate surface area is 158 Å². The number of nitrogens with zero attached hydrogens (tertiary/aromatic N) is 1. The third-order valence-corrected chi connectivity index (χ3v) is 2.87. The molecule has 1 aromatic rings. The number of hydrogen-bond acceptors (Lipinski definition) is 7. The van der Waals surface area contributed by atoms with E-state index in [1.54, 1.807) is 41.5 Å². The maximum Gasteiger partial charge on any atom is 0.516 e. The molecule has 0 aliphatic rings. The minimum atomic E-state index is -1.12. The summed E-state index contributed by atoms with van der Waals surface area (Å²) < 4.78 is 16.3. The van der Waals surface area contributed by atoms with Crippen molar-refractivity contribution in [3.8, 4) is 0 Å². The number of ether oxygens (including phenoxy) is 3. The van der Waals surface area contributed by atoms with E-state index in [4.69, 9.17) is 19.3 Å². The maximum atomic E-state index is 12.3. The highest BCUT2D eigenvalue weighted by Crippen LogP contribution is 2.18. The Morgan fingerprint density at radius 1 is 1.07 bits per heavy atom. The van der Waals surface area contributed by atoms with E-state index >= 15 is 0 Å². The molecule has 0 saturated carbocycles. The lowest BCUT2D eigenvalue weighted by molar-refractivity contribution is -0.00207. The van der Waals surface area contributed by atoms with Crippen LogP contribution in [0, 0.1) is 0 Å². The van der Waals surface area contributed by atoms with Crippen molar-refractivity contribution in [2.75, 3.05) is 11.9 Å². The van der Waals surface area contributed by atoms with E-state index in [-0.39, 0.29) is 18.8 Å². The Morgan fingerprint density at radius 2 is 1.67 bits per heavy atom. The predicted molar refractivity (Wildman–Crippen MR) is 97.6 cm³/mol. The van der Waals surface area contributed by atoms with E-state index in [9.17, 15) is 14.4 Å². The second-order valence-electron chi connectivity index (χ2n) is 7.87. The van der Waals surface area contributed by atoms with Gasteiger partial charge in [0.25, 0.3) is 0 Å². The number of nitrogens with one attached hydrogen (secondary N) is 1. The van der Waals surface area contributed by atoms with Gasteiger partial charge in [0, 0.05) is 19.3 Å². The molecule has 1 aromatic heterocycles. The highest BCUT2D eigenvalue weighted by atomic mass is 16.7. The summed E-state index contributed by atoms with van der Waals surface area (Å²) in [5, 5.41) is 11.5. The molecule has 1 rings (SSSR count). The van der Waals surface area contributed by atoms with Crippen molar-refractivity contribution in [1.29, 1.82) is 0 Å². The molecule has 27 heavy (non-hydrogen) atoms. The van der Waals surface area contributed by atoms with Gasteiger partial charge in [-0.25, -0.2) is 14.4 Å². The summed E-state index contributed by atoms with van der Waals surface area (Å²) in [6.07, 6.45) is 0.0522. The molecule has 0 aliphatic carbocycles. The van der Waals surface area contributed by atoms with Gasteiger partial charge >= 0.3 is 18.2 Å². The van der Waals surface area contributed by atoms with Gasteiger partial charge < -0.3 is 23.9 Å². The molecular formula is C18H28N2O7. The van der Waals surface area contributed by atoms with Crippen LogP contribution in [0.1, 0.15) is 58.5 Å². The standard InChI is InChI=1S/C18H28N2O7/c1-17(2,3)26-15(23)19-12-10-13(20(11-12)8-7-9-21)14(22)25-16(24)27-18(4,5)6/h10-11,21H,7-9H2,1-6H3,(H,19,23). The number of carbonyl (C=O) groups excluding carboxylic acids is 3. The molecule has 0 atom stereocenters. The van der Waals surface area contributed by atoms with Gasteiger partial charge in [-0.05, 0) is 54.0 Å². The first-order valence-corrected chi connectivity index (χ1v) is 8.57. The van der Waals surface area contributed by atoms with Crippen molar-refractivity contribution in [2.24, 2.45) is 0 Å². The Kier molecular flexibility index (Phi) is 7.41. The maximum absolute atomic E-state index is 12.3. The molecule has 9 nitrogen and oxygen atoms in total. The van der Waals surface area contributed by atoms with E-state index in [1.165, 1.54) is 16.8 Å².